The second kappa shape index (κ2) is 6.28. The predicted octanol–water partition coefficient (Wildman–Crippen LogP) is 0.465. The molecule has 0 spiro atoms. The van der Waals surface area contributed by atoms with Crippen LogP contribution in [-0.4, -0.2) is 56.8 Å². The molecule has 4 aliphatic carbocycles. The fraction of sp³-hybridized carbons (Fsp3) is 0.818. The van der Waals surface area contributed by atoms with Gasteiger partial charge in [0, 0.05) is 22.7 Å². The van der Waals surface area contributed by atoms with Crippen LogP contribution in [0.4, 0.5) is 0 Å². The number of ketones is 4. The third-order valence-corrected chi connectivity index (χ3v) is 9.24. The molecule has 9 atom stereocenters. The van der Waals surface area contributed by atoms with Gasteiger partial charge in [-0.1, -0.05) is 20.8 Å². The average molecular weight is 406 g/mol. The Kier molecular flexibility index (Phi) is 4.51. The van der Waals surface area contributed by atoms with Crippen molar-refractivity contribution in [2.75, 3.05) is 6.61 Å². The first-order valence-electron chi connectivity index (χ1n) is 10.6. The lowest BCUT2D eigenvalue weighted by Crippen LogP contribution is -2.67. The summed E-state index contributed by atoms with van der Waals surface area (Å²) < 4.78 is 0. The van der Waals surface area contributed by atoms with E-state index in [-0.39, 0.29) is 36.4 Å². The largest absolute Gasteiger partial charge is 0.393 e. The van der Waals surface area contributed by atoms with E-state index in [2.05, 4.69) is 0 Å². The molecule has 4 saturated carbocycles. The molecular formula is C22H30O7. The SMILES string of the molecule is C[C@H]1C[C@@H]2[C@H]([C@@H](O)C[C@@]3(C)[C@H]2CC[C@]3(O)C(=O)CO)[C@@]2(C)C(=O)CC(=O)C(=O)C12. The van der Waals surface area contributed by atoms with Crippen molar-refractivity contribution < 1.29 is 34.5 Å². The summed E-state index contributed by atoms with van der Waals surface area (Å²) >= 11 is 0. The van der Waals surface area contributed by atoms with Gasteiger partial charge in [-0.2, -0.15) is 0 Å². The Morgan fingerprint density at radius 3 is 2.48 bits per heavy atom. The summed E-state index contributed by atoms with van der Waals surface area (Å²) in [5.74, 6) is -3.74. The molecule has 0 heterocycles. The van der Waals surface area contributed by atoms with Crippen molar-refractivity contribution in [2.45, 2.75) is 64.6 Å². The highest BCUT2D eigenvalue weighted by Crippen LogP contribution is 2.68. The molecular weight excluding hydrogens is 376 g/mol. The van der Waals surface area contributed by atoms with Crippen LogP contribution in [-0.2, 0) is 19.2 Å². The minimum atomic E-state index is -1.71. The summed E-state index contributed by atoms with van der Waals surface area (Å²) in [5, 5.41) is 31.9. The Balaban J connectivity index is 1.80. The molecule has 1 unspecified atom stereocenters. The van der Waals surface area contributed by atoms with Crippen LogP contribution in [0.25, 0.3) is 0 Å². The van der Waals surface area contributed by atoms with Crippen molar-refractivity contribution in [3.8, 4) is 0 Å². The standard InChI is InChI=1S/C22H30O7/c1-10-6-11-12-4-5-22(29,16(27)9-23)20(12,2)8-14(25)18(11)21(3)15(26)7-13(24)19(28)17(10)21/h10-12,14,17-18,23,25,29H,4-9H2,1-3H3/t10-,11-,12-,14-,17?,18+,20-,21-,22-/m0/s1. The number of carbonyl (C=O) groups is 4. The molecule has 0 aromatic heterocycles. The predicted molar refractivity (Wildman–Crippen MR) is 100 cm³/mol. The van der Waals surface area contributed by atoms with Crippen LogP contribution in [0.3, 0.4) is 0 Å². The summed E-state index contributed by atoms with van der Waals surface area (Å²) in [6.45, 7) is 4.65. The smallest absolute Gasteiger partial charge is 0.206 e. The Morgan fingerprint density at radius 2 is 1.86 bits per heavy atom. The monoisotopic (exact) mass is 406 g/mol. The number of hydrogen-bond acceptors (Lipinski definition) is 7. The van der Waals surface area contributed by atoms with Crippen LogP contribution in [0.5, 0.6) is 0 Å². The molecule has 7 heteroatoms. The first kappa shape index (κ1) is 20.8. The van der Waals surface area contributed by atoms with Crippen LogP contribution in [0.1, 0.15) is 52.9 Å². The average Bonchev–Trinajstić information content (AvgIpc) is 2.91. The van der Waals surface area contributed by atoms with Crippen LogP contribution >= 0.6 is 0 Å². The van der Waals surface area contributed by atoms with Gasteiger partial charge in [-0.05, 0) is 43.4 Å². The summed E-state index contributed by atoms with van der Waals surface area (Å²) in [5.41, 5.74) is -3.73. The maximum atomic E-state index is 13.1. The fourth-order valence-electron chi connectivity index (χ4n) is 7.97. The number of rotatable bonds is 2. The third-order valence-electron chi connectivity index (χ3n) is 9.24. The number of aliphatic hydroxyl groups is 3. The van der Waals surface area contributed by atoms with E-state index >= 15 is 0 Å². The van der Waals surface area contributed by atoms with E-state index in [1.54, 1.807) is 13.8 Å². The lowest BCUT2D eigenvalue weighted by Gasteiger charge is -2.62. The van der Waals surface area contributed by atoms with E-state index in [0.717, 1.165) is 0 Å². The van der Waals surface area contributed by atoms with Gasteiger partial charge in [0.05, 0.1) is 12.5 Å². The summed E-state index contributed by atoms with van der Waals surface area (Å²) in [4.78, 5) is 50.3. The van der Waals surface area contributed by atoms with Crippen molar-refractivity contribution in [3.05, 3.63) is 0 Å². The molecule has 3 N–H and O–H groups in total. The van der Waals surface area contributed by atoms with Gasteiger partial charge < -0.3 is 15.3 Å². The number of carbonyl (C=O) groups excluding carboxylic acids is 4. The minimum Gasteiger partial charge on any atom is -0.393 e. The fourth-order valence-corrected chi connectivity index (χ4v) is 7.97. The van der Waals surface area contributed by atoms with E-state index in [1.807, 2.05) is 6.92 Å². The first-order chi connectivity index (χ1) is 13.4. The third kappa shape index (κ3) is 2.35. The summed E-state index contributed by atoms with van der Waals surface area (Å²) in [7, 11) is 0. The highest BCUT2D eigenvalue weighted by atomic mass is 16.3. The van der Waals surface area contributed by atoms with Gasteiger partial charge in [-0.25, -0.2) is 0 Å². The summed E-state index contributed by atoms with van der Waals surface area (Å²) in [6.07, 6.45) is 0.0429. The van der Waals surface area contributed by atoms with Gasteiger partial charge in [0.1, 0.15) is 18.0 Å². The quantitative estimate of drug-likeness (QED) is 0.449. The molecule has 0 saturated heterocycles. The second-order valence-electron chi connectivity index (χ2n) is 10.3. The number of aliphatic hydroxyl groups excluding tert-OH is 2. The van der Waals surface area contributed by atoms with Crippen LogP contribution in [0, 0.1) is 40.4 Å². The maximum absolute atomic E-state index is 13.1. The minimum absolute atomic E-state index is 0.114. The van der Waals surface area contributed by atoms with Crippen molar-refractivity contribution in [1.29, 1.82) is 0 Å². The van der Waals surface area contributed by atoms with Gasteiger partial charge >= 0.3 is 0 Å². The topological polar surface area (TPSA) is 129 Å². The van der Waals surface area contributed by atoms with E-state index in [1.165, 1.54) is 0 Å². The molecule has 0 bridgehead atoms. The van der Waals surface area contributed by atoms with E-state index < -0.39 is 64.7 Å². The maximum Gasteiger partial charge on any atom is 0.206 e. The number of Topliss-reactive ketones (excluding diaryl/α,β-unsaturated/α-hetero) is 4. The second-order valence-corrected chi connectivity index (χ2v) is 10.3. The van der Waals surface area contributed by atoms with Crippen molar-refractivity contribution in [1.82, 2.24) is 0 Å². The first-order valence-corrected chi connectivity index (χ1v) is 10.6. The van der Waals surface area contributed by atoms with Crippen molar-refractivity contribution >= 4 is 23.1 Å². The number of fused-ring (bicyclic) bond motifs is 5. The van der Waals surface area contributed by atoms with Gasteiger partial charge in [0.2, 0.25) is 11.6 Å². The van der Waals surface area contributed by atoms with Gasteiger partial charge in [-0.15, -0.1) is 0 Å². The Bertz CT molecular complexity index is 805. The van der Waals surface area contributed by atoms with Gasteiger partial charge in [0.15, 0.2) is 5.78 Å². The van der Waals surface area contributed by atoms with Crippen LogP contribution in [0.15, 0.2) is 0 Å². The number of hydrogen-bond donors (Lipinski definition) is 3. The Morgan fingerprint density at radius 1 is 1.21 bits per heavy atom. The summed E-state index contributed by atoms with van der Waals surface area (Å²) in [6, 6.07) is 0. The lowest BCUT2D eigenvalue weighted by molar-refractivity contribution is -0.205. The molecule has 29 heavy (non-hydrogen) atoms. The molecule has 4 fully saturated rings. The molecule has 7 nitrogen and oxygen atoms in total. The zero-order chi connectivity index (χ0) is 21.5. The molecule has 0 aromatic carbocycles. The molecule has 4 aliphatic rings. The molecule has 0 amide bonds. The van der Waals surface area contributed by atoms with Crippen LogP contribution in [0.2, 0.25) is 0 Å². The lowest BCUT2D eigenvalue weighted by atomic mass is 9.41. The normalized spacial score (nSPS) is 52.0. The zero-order valence-corrected chi connectivity index (χ0v) is 17.2. The van der Waals surface area contributed by atoms with E-state index in [0.29, 0.717) is 12.8 Å². The zero-order valence-electron chi connectivity index (χ0n) is 17.2. The molecule has 160 valence electrons. The van der Waals surface area contributed by atoms with E-state index in [4.69, 9.17) is 0 Å². The molecule has 0 aromatic rings. The highest BCUT2D eigenvalue weighted by molar-refractivity contribution is 6.44. The van der Waals surface area contributed by atoms with Gasteiger partial charge in [0.25, 0.3) is 0 Å². The van der Waals surface area contributed by atoms with Crippen molar-refractivity contribution in [3.63, 3.8) is 0 Å². The Labute approximate surface area is 169 Å². The Hall–Kier alpha value is -1.44. The molecule has 0 aliphatic heterocycles. The molecule has 4 rings (SSSR count). The van der Waals surface area contributed by atoms with E-state index in [9.17, 15) is 34.5 Å². The molecule has 0 radical (unpaired) electrons. The van der Waals surface area contributed by atoms with Crippen molar-refractivity contribution in [2.24, 2.45) is 40.4 Å². The van der Waals surface area contributed by atoms with Gasteiger partial charge in [-0.3, -0.25) is 19.2 Å². The highest BCUT2D eigenvalue weighted by Gasteiger charge is 2.71. The van der Waals surface area contributed by atoms with Crippen LogP contribution < -0.4 is 0 Å².